The number of aliphatic hydroxyl groups is 1. The van der Waals surface area contributed by atoms with E-state index in [9.17, 15) is 13.5 Å². The standard InChI is InChI=1S/C36H60O3S/c1-28(2)16-12-19-31(7)21-15-22-33(9)25-27-36(37,26-24-32(8)20-13-17-29(3)4)35(40(11,38)39)34(10)23-14-18-30(5)6/h16-18,21,24-25,37H,12-15,19-20,22-23,26-27H2,1-11H3/b31-21?,32-24+,33-25?,35-34-. The predicted octanol–water partition coefficient (Wildman–Crippen LogP) is 10.7. The molecule has 1 atom stereocenters. The van der Waals surface area contributed by atoms with E-state index < -0.39 is 15.4 Å². The lowest BCUT2D eigenvalue weighted by Gasteiger charge is -2.30. The summed E-state index contributed by atoms with van der Waals surface area (Å²) < 4.78 is 26.3. The fourth-order valence-electron chi connectivity index (χ4n) is 4.73. The maximum absolute atomic E-state index is 13.1. The highest BCUT2D eigenvalue weighted by atomic mass is 32.2. The van der Waals surface area contributed by atoms with Gasteiger partial charge in [-0.15, -0.1) is 0 Å². The molecule has 0 aromatic rings. The van der Waals surface area contributed by atoms with E-state index in [1.807, 2.05) is 32.9 Å². The Bertz CT molecular complexity index is 1110. The van der Waals surface area contributed by atoms with Gasteiger partial charge < -0.3 is 5.11 Å². The second-order valence-corrected chi connectivity index (χ2v) is 14.4. The summed E-state index contributed by atoms with van der Waals surface area (Å²) in [6.45, 7) is 20.7. The third kappa shape index (κ3) is 17.7. The van der Waals surface area contributed by atoms with Gasteiger partial charge in [-0.2, -0.15) is 0 Å². The second kappa shape index (κ2) is 19.3. The lowest BCUT2D eigenvalue weighted by molar-refractivity contribution is 0.0906. The van der Waals surface area contributed by atoms with E-state index in [4.69, 9.17) is 0 Å². The molecule has 0 amide bonds. The van der Waals surface area contributed by atoms with Gasteiger partial charge in [0.25, 0.3) is 0 Å². The molecule has 0 aromatic heterocycles. The van der Waals surface area contributed by atoms with E-state index in [0.717, 1.165) is 50.5 Å². The van der Waals surface area contributed by atoms with Gasteiger partial charge in [0.2, 0.25) is 0 Å². The van der Waals surface area contributed by atoms with Gasteiger partial charge in [0.1, 0.15) is 5.60 Å². The summed E-state index contributed by atoms with van der Waals surface area (Å²) in [5.41, 5.74) is 6.86. The predicted molar refractivity (Wildman–Crippen MR) is 178 cm³/mol. The zero-order valence-corrected chi connectivity index (χ0v) is 28.5. The second-order valence-electron chi connectivity index (χ2n) is 12.5. The van der Waals surface area contributed by atoms with Crippen LogP contribution in [0.2, 0.25) is 0 Å². The van der Waals surface area contributed by atoms with Crippen LogP contribution in [-0.4, -0.2) is 25.4 Å². The lowest BCUT2D eigenvalue weighted by Crippen LogP contribution is -2.35. The van der Waals surface area contributed by atoms with Crippen molar-refractivity contribution < 1.29 is 13.5 Å². The fraction of sp³-hybridized carbons (Fsp3) is 0.611. The van der Waals surface area contributed by atoms with E-state index in [1.165, 1.54) is 39.7 Å². The molecule has 3 nitrogen and oxygen atoms in total. The molecule has 1 unspecified atom stereocenters. The zero-order chi connectivity index (χ0) is 30.9. The Labute approximate surface area is 248 Å². The monoisotopic (exact) mass is 572 g/mol. The minimum absolute atomic E-state index is 0.189. The summed E-state index contributed by atoms with van der Waals surface area (Å²) in [6, 6.07) is 0. The fourth-order valence-corrected chi connectivity index (χ4v) is 6.33. The maximum Gasteiger partial charge on any atom is 0.174 e. The van der Waals surface area contributed by atoms with Crippen LogP contribution in [0.5, 0.6) is 0 Å². The summed E-state index contributed by atoms with van der Waals surface area (Å²) in [4.78, 5) is 0.189. The molecule has 0 aliphatic rings. The first-order valence-electron chi connectivity index (χ1n) is 15.0. The zero-order valence-electron chi connectivity index (χ0n) is 27.7. The van der Waals surface area contributed by atoms with Crippen molar-refractivity contribution in [3.63, 3.8) is 0 Å². The highest BCUT2D eigenvalue weighted by molar-refractivity contribution is 7.94. The van der Waals surface area contributed by atoms with Gasteiger partial charge in [-0.3, -0.25) is 0 Å². The van der Waals surface area contributed by atoms with E-state index in [-0.39, 0.29) is 17.7 Å². The number of rotatable bonds is 18. The molecular weight excluding hydrogens is 512 g/mol. The van der Waals surface area contributed by atoms with Crippen LogP contribution in [0.3, 0.4) is 0 Å². The molecule has 4 heteroatoms. The molecule has 228 valence electrons. The van der Waals surface area contributed by atoms with Gasteiger partial charge in [0, 0.05) is 6.26 Å². The molecule has 0 saturated carbocycles. The van der Waals surface area contributed by atoms with Gasteiger partial charge in [0.05, 0.1) is 4.91 Å². The molecular formula is C36H60O3S. The van der Waals surface area contributed by atoms with Crippen molar-refractivity contribution in [1.29, 1.82) is 0 Å². The highest BCUT2D eigenvalue weighted by Gasteiger charge is 2.37. The van der Waals surface area contributed by atoms with Crippen LogP contribution in [0.15, 0.2) is 80.4 Å². The summed E-state index contributed by atoms with van der Waals surface area (Å²) >= 11 is 0. The first-order valence-corrected chi connectivity index (χ1v) is 16.9. The molecule has 0 spiro atoms. The average molecular weight is 573 g/mol. The summed E-state index contributed by atoms with van der Waals surface area (Å²) in [7, 11) is -3.61. The van der Waals surface area contributed by atoms with E-state index in [2.05, 4.69) is 72.8 Å². The van der Waals surface area contributed by atoms with Crippen LogP contribution in [0.4, 0.5) is 0 Å². The molecule has 40 heavy (non-hydrogen) atoms. The number of allylic oxidation sites excluding steroid dienone is 11. The molecule has 0 radical (unpaired) electrons. The minimum Gasteiger partial charge on any atom is -0.384 e. The molecule has 0 aromatic carbocycles. The smallest absolute Gasteiger partial charge is 0.174 e. The van der Waals surface area contributed by atoms with Gasteiger partial charge in [-0.25, -0.2) is 8.42 Å². The van der Waals surface area contributed by atoms with Crippen LogP contribution in [-0.2, 0) is 9.84 Å². The topological polar surface area (TPSA) is 54.4 Å². The van der Waals surface area contributed by atoms with Gasteiger partial charge in [-0.05, 0) is 133 Å². The molecule has 0 rings (SSSR count). The van der Waals surface area contributed by atoms with Gasteiger partial charge in [-0.1, -0.05) is 75.5 Å². The largest absolute Gasteiger partial charge is 0.384 e. The third-order valence-electron chi connectivity index (χ3n) is 7.04. The SMILES string of the molecule is CC(C)=CCCC(C)=CCCC(C)=CCC(O)(C/C=C(\C)CCC=C(C)C)/C(=C(\C)CCC=C(C)C)S(C)(=O)=O. The van der Waals surface area contributed by atoms with Crippen LogP contribution < -0.4 is 0 Å². The Morgan fingerprint density at radius 3 is 1.23 bits per heavy atom. The van der Waals surface area contributed by atoms with Crippen LogP contribution in [0, 0.1) is 0 Å². The van der Waals surface area contributed by atoms with Crippen molar-refractivity contribution in [1.82, 2.24) is 0 Å². The number of hydrogen-bond donors (Lipinski definition) is 1. The van der Waals surface area contributed by atoms with Crippen molar-refractivity contribution in [3.05, 3.63) is 80.4 Å². The third-order valence-corrected chi connectivity index (χ3v) is 8.51. The maximum atomic E-state index is 13.1. The number of hydrogen-bond acceptors (Lipinski definition) is 3. The lowest BCUT2D eigenvalue weighted by atomic mass is 9.89. The normalized spacial score (nSPS) is 15.2. The van der Waals surface area contributed by atoms with E-state index in [1.54, 1.807) is 0 Å². The van der Waals surface area contributed by atoms with Gasteiger partial charge in [0.15, 0.2) is 9.84 Å². The van der Waals surface area contributed by atoms with Crippen molar-refractivity contribution >= 4 is 9.84 Å². The van der Waals surface area contributed by atoms with Crippen molar-refractivity contribution in [2.75, 3.05) is 6.26 Å². The molecule has 0 fully saturated rings. The molecule has 0 aliphatic heterocycles. The minimum atomic E-state index is -3.61. The number of sulfone groups is 1. The van der Waals surface area contributed by atoms with E-state index >= 15 is 0 Å². The summed E-state index contributed by atoms with van der Waals surface area (Å²) in [6.07, 6.45) is 22.0. The average Bonchev–Trinajstić information content (AvgIpc) is 2.80. The highest BCUT2D eigenvalue weighted by Crippen LogP contribution is 2.35. The van der Waals surface area contributed by atoms with Gasteiger partial charge >= 0.3 is 0 Å². The Morgan fingerprint density at radius 2 is 0.875 bits per heavy atom. The summed E-state index contributed by atoms with van der Waals surface area (Å²) in [5.74, 6) is 0. The molecule has 0 heterocycles. The van der Waals surface area contributed by atoms with Crippen LogP contribution in [0.1, 0.15) is 133 Å². The Morgan fingerprint density at radius 1 is 0.550 bits per heavy atom. The first-order chi connectivity index (χ1) is 18.5. The van der Waals surface area contributed by atoms with Crippen LogP contribution >= 0.6 is 0 Å². The Kier molecular flexibility index (Phi) is 18.3. The van der Waals surface area contributed by atoms with Crippen LogP contribution in [0.25, 0.3) is 0 Å². The van der Waals surface area contributed by atoms with Crippen molar-refractivity contribution in [3.8, 4) is 0 Å². The molecule has 1 N–H and O–H groups in total. The Hall–Kier alpha value is -1.91. The Balaban J connectivity index is 6.06. The molecule has 0 saturated heterocycles. The van der Waals surface area contributed by atoms with Crippen molar-refractivity contribution in [2.45, 2.75) is 139 Å². The van der Waals surface area contributed by atoms with Crippen molar-refractivity contribution in [2.24, 2.45) is 0 Å². The molecule has 0 aliphatic carbocycles. The molecule has 0 bridgehead atoms. The van der Waals surface area contributed by atoms with E-state index in [0.29, 0.717) is 6.42 Å². The first kappa shape index (κ1) is 38.1. The summed E-state index contributed by atoms with van der Waals surface area (Å²) in [5, 5.41) is 12.1. The quantitative estimate of drug-likeness (QED) is 0.166.